The zero-order valence-corrected chi connectivity index (χ0v) is 8.47. The normalized spacial score (nSPS) is 28.3. The van der Waals surface area contributed by atoms with Crippen LogP contribution < -0.4 is 0 Å². The molecule has 0 bridgehead atoms. The van der Waals surface area contributed by atoms with Crippen LogP contribution in [0.15, 0.2) is 0 Å². The molecule has 1 atom stereocenters. The van der Waals surface area contributed by atoms with E-state index in [1.165, 1.54) is 0 Å². The number of alkyl halides is 3. The number of aliphatic carboxylic acids is 1. The van der Waals surface area contributed by atoms with Gasteiger partial charge < -0.3 is 10.0 Å². The molecule has 0 radical (unpaired) electrons. The van der Waals surface area contributed by atoms with Gasteiger partial charge in [0.25, 0.3) is 0 Å². The van der Waals surface area contributed by atoms with Gasteiger partial charge >= 0.3 is 12.1 Å². The lowest BCUT2D eigenvalue weighted by Crippen LogP contribution is -2.33. The minimum atomic E-state index is -4.16. The van der Waals surface area contributed by atoms with Gasteiger partial charge in [0.2, 0.25) is 0 Å². The van der Waals surface area contributed by atoms with Crippen molar-refractivity contribution in [3.8, 4) is 0 Å². The molecule has 1 fully saturated rings. The molecule has 1 heterocycles. The highest BCUT2D eigenvalue weighted by Gasteiger charge is 2.41. The van der Waals surface area contributed by atoms with E-state index in [1.54, 1.807) is 11.8 Å². The highest BCUT2D eigenvalue weighted by Crippen LogP contribution is 2.31. The molecule has 15 heavy (non-hydrogen) atoms. The van der Waals surface area contributed by atoms with Crippen LogP contribution in [0.4, 0.5) is 13.2 Å². The molecule has 0 spiro atoms. The van der Waals surface area contributed by atoms with Crippen LogP contribution in [0.2, 0.25) is 0 Å². The molecule has 1 unspecified atom stereocenters. The van der Waals surface area contributed by atoms with Crippen LogP contribution in [0.25, 0.3) is 0 Å². The molecule has 0 amide bonds. The van der Waals surface area contributed by atoms with Crippen molar-refractivity contribution >= 4 is 5.97 Å². The Morgan fingerprint density at radius 2 is 2.13 bits per heavy atom. The predicted octanol–water partition coefficient (Wildman–Crippen LogP) is 1.74. The minimum Gasteiger partial charge on any atom is -0.481 e. The van der Waals surface area contributed by atoms with Gasteiger partial charge in [0.1, 0.15) is 0 Å². The second kappa shape index (κ2) is 4.00. The van der Waals surface area contributed by atoms with E-state index in [1.807, 2.05) is 0 Å². The molecule has 1 aliphatic rings. The average molecular weight is 225 g/mol. The number of rotatable bonds is 3. The molecule has 0 aromatic rings. The lowest BCUT2D eigenvalue weighted by Gasteiger charge is -2.20. The van der Waals surface area contributed by atoms with Crippen molar-refractivity contribution in [3.63, 3.8) is 0 Å². The highest BCUT2D eigenvalue weighted by molar-refractivity contribution is 5.74. The Morgan fingerprint density at radius 3 is 2.53 bits per heavy atom. The Labute approximate surface area is 85.9 Å². The van der Waals surface area contributed by atoms with Crippen LogP contribution in [-0.2, 0) is 4.79 Å². The van der Waals surface area contributed by atoms with Gasteiger partial charge in [-0.15, -0.1) is 0 Å². The predicted molar refractivity (Wildman–Crippen MR) is 47.5 cm³/mol. The van der Waals surface area contributed by atoms with Crippen molar-refractivity contribution in [3.05, 3.63) is 0 Å². The van der Waals surface area contributed by atoms with E-state index in [0.717, 1.165) is 0 Å². The first-order chi connectivity index (χ1) is 6.73. The summed E-state index contributed by atoms with van der Waals surface area (Å²) >= 11 is 0. The van der Waals surface area contributed by atoms with Crippen molar-refractivity contribution in [1.82, 2.24) is 4.90 Å². The van der Waals surface area contributed by atoms with E-state index >= 15 is 0 Å². The van der Waals surface area contributed by atoms with Gasteiger partial charge in [0, 0.05) is 13.1 Å². The maximum absolute atomic E-state index is 11.9. The van der Waals surface area contributed by atoms with Crippen LogP contribution in [0.5, 0.6) is 0 Å². The third-order valence-electron chi connectivity index (χ3n) is 2.78. The topological polar surface area (TPSA) is 40.5 Å². The van der Waals surface area contributed by atoms with Crippen molar-refractivity contribution < 1.29 is 23.1 Å². The second-order valence-corrected chi connectivity index (χ2v) is 4.26. The summed E-state index contributed by atoms with van der Waals surface area (Å²) in [5.41, 5.74) is -0.883. The molecular weight excluding hydrogens is 211 g/mol. The second-order valence-electron chi connectivity index (χ2n) is 4.26. The first-order valence-corrected chi connectivity index (χ1v) is 4.75. The van der Waals surface area contributed by atoms with E-state index in [4.69, 9.17) is 5.11 Å². The molecule has 1 saturated heterocycles. The molecular formula is C9H14F3NO2. The smallest absolute Gasteiger partial charge is 0.390 e. The first-order valence-electron chi connectivity index (χ1n) is 4.75. The van der Waals surface area contributed by atoms with E-state index < -0.39 is 24.0 Å². The number of carboxylic acid groups (broad SMARTS) is 1. The monoisotopic (exact) mass is 225 g/mol. The summed E-state index contributed by atoms with van der Waals surface area (Å²) in [5.74, 6) is -0.933. The Morgan fingerprint density at radius 1 is 1.53 bits per heavy atom. The molecule has 0 aromatic carbocycles. The van der Waals surface area contributed by atoms with E-state index in [2.05, 4.69) is 0 Å². The molecule has 6 heteroatoms. The maximum atomic E-state index is 11.9. The van der Waals surface area contributed by atoms with Crippen molar-refractivity contribution in [2.75, 3.05) is 19.6 Å². The zero-order chi connectivity index (χ0) is 11.7. The Kier molecular flexibility index (Phi) is 3.28. The molecule has 3 nitrogen and oxygen atoms in total. The van der Waals surface area contributed by atoms with Crippen molar-refractivity contribution in [2.45, 2.75) is 25.9 Å². The van der Waals surface area contributed by atoms with Crippen LogP contribution in [-0.4, -0.2) is 41.8 Å². The van der Waals surface area contributed by atoms with Crippen LogP contribution in [0, 0.1) is 5.41 Å². The van der Waals surface area contributed by atoms with Gasteiger partial charge in [-0.1, -0.05) is 0 Å². The van der Waals surface area contributed by atoms with Gasteiger partial charge in [-0.3, -0.25) is 4.79 Å². The van der Waals surface area contributed by atoms with Gasteiger partial charge in [-0.05, 0) is 19.9 Å². The fourth-order valence-corrected chi connectivity index (χ4v) is 1.71. The standard InChI is InChI=1S/C9H14F3NO2/c1-8(7(14)15)2-4-13(6-8)5-3-9(10,11)12/h2-6H2,1H3,(H,14,15). The average Bonchev–Trinajstić information content (AvgIpc) is 2.44. The highest BCUT2D eigenvalue weighted by atomic mass is 19.4. The summed E-state index contributed by atoms with van der Waals surface area (Å²) in [4.78, 5) is 12.4. The minimum absolute atomic E-state index is 0.105. The Bertz CT molecular complexity index is 254. The SMILES string of the molecule is CC1(C(=O)O)CCN(CCC(F)(F)F)C1. The zero-order valence-electron chi connectivity index (χ0n) is 8.47. The fourth-order valence-electron chi connectivity index (χ4n) is 1.71. The molecule has 0 aromatic heterocycles. The van der Waals surface area contributed by atoms with Gasteiger partial charge in [-0.25, -0.2) is 0 Å². The molecule has 1 aliphatic heterocycles. The van der Waals surface area contributed by atoms with Gasteiger partial charge in [0.15, 0.2) is 0 Å². The van der Waals surface area contributed by atoms with E-state index in [9.17, 15) is 18.0 Å². The number of carbonyl (C=O) groups is 1. The third kappa shape index (κ3) is 3.37. The van der Waals surface area contributed by atoms with Crippen molar-refractivity contribution in [2.24, 2.45) is 5.41 Å². The van der Waals surface area contributed by atoms with E-state index in [0.29, 0.717) is 13.0 Å². The summed E-state index contributed by atoms with van der Waals surface area (Å²) in [6.07, 6.45) is -4.62. The van der Waals surface area contributed by atoms with Crippen LogP contribution in [0.1, 0.15) is 19.8 Å². The summed E-state index contributed by atoms with van der Waals surface area (Å²) in [7, 11) is 0. The third-order valence-corrected chi connectivity index (χ3v) is 2.78. The number of likely N-dealkylation sites (tertiary alicyclic amines) is 1. The first kappa shape index (κ1) is 12.3. The Balaban J connectivity index is 2.41. The molecule has 88 valence electrons. The molecule has 0 saturated carbocycles. The number of nitrogens with zero attached hydrogens (tertiary/aromatic N) is 1. The van der Waals surface area contributed by atoms with Gasteiger partial charge in [0.05, 0.1) is 11.8 Å². The summed E-state index contributed by atoms with van der Waals surface area (Å²) in [5, 5.41) is 8.87. The maximum Gasteiger partial charge on any atom is 0.390 e. The quantitative estimate of drug-likeness (QED) is 0.795. The summed E-state index contributed by atoms with van der Waals surface area (Å²) < 4.78 is 35.8. The number of carboxylic acids is 1. The van der Waals surface area contributed by atoms with Crippen LogP contribution in [0.3, 0.4) is 0 Å². The summed E-state index contributed by atoms with van der Waals surface area (Å²) in [6, 6.07) is 0. The molecule has 0 aliphatic carbocycles. The van der Waals surface area contributed by atoms with E-state index in [-0.39, 0.29) is 13.1 Å². The number of hydrogen-bond donors (Lipinski definition) is 1. The van der Waals surface area contributed by atoms with Gasteiger partial charge in [-0.2, -0.15) is 13.2 Å². The number of hydrogen-bond acceptors (Lipinski definition) is 2. The Hall–Kier alpha value is -0.780. The molecule has 1 N–H and O–H groups in total. The van der Waals surface area contributed by atoms with Crippen LogP contribution >= 0.6 is 0 Å². The number of halogens is 3. The van der Waals surface area contributed by atoms with Crippen molar-refractivity contribution in [1.29, 1.82) is 0 Å². The lowest BCUT2D eigenvalue weighted by molar-refractivity contribution is -0.147. The largest absolute Gasteiger partial charge is 0.481 e. The fraction of sp³-hybridized carbons (Fsp3) is 0.889. The molecule has 1 rings (SSSR count). The lowest BCUT2D eigenvalue weighted by atomic mass is 9.90. The summed E-state index contributed by atoms with van der Waals surface area (Å²) in [6.45, 7) is 2.10.